The Kier molecular flexibility index (Phi) is 10.4. The van der Waals surface area contributed by atoms with Crippen LogP contribution < -0.4 is 5.32 Å². The van der Waals surface area contributed by atoms with Gasteiger partial charge in [-0.2, -0.15) is 0 Å². The summed E-state index contributed by atoms with van der Waals surface area (Å²) in [5.74, 6) is -2.96. The topological polar surface area (TPSA) is 104 Å². The molecular weight excluding hydrogens is 262 g/mol. The van der Waals surface area contributed by atoms with E-state index in [4.69, 9.17) is 10.2 Å². The summed E-state index contributed by atoms with van der Waals surface area (Å²) in [6.45, 7) is 2.15. The molecule has 0 aromatic heterocycles. The molecule has 6 nitrogen and oxygen atoms in total. The van der Waals surface area contributed by atoms with Crippen LogP contribution in [0.25, 0.3) is 0 Å². The largest absolute Gasteiger partial charge is 0.481 e. The lowest BCUT2D eigenvalue weighted by atomic mass is 10.1. The monoisotopic (exact) mass is 287 g/mol. The van der Waals surface area contributed by atoms with Gasteiger partial charge in [0, 0.05) is 6.42 Å². The fourth-order valence-corrected chi connectivity index (χ4v) is 1.88. The van der Waals surface area contributed by atoms with Crippen molar-refractivity contribution >= 4 is 17.8 Å². The van der Waals surface area contributed by atoms with Crippen molar-refractivity contribution in [2.75, 3.05) is 0 Å². The Hall–Kier alpha value is -1.59. The van der Waals surface area contributed by atoms with Crippen molar-refractivity contribution < 1.29 is 24.6 Å². The standard InChI is InChI=1S/C14H25NO5/c1-2-3-4-5-6-7-8-9-12(16)15-11(14(19)20)10-13(17)18/h11H,2-10H2,1H3,(H,15,16)(H,17,18)(H,19,20). The first kappa shape index (κ1) is 18.4. The van der Waals surface area contributed by atoms with Gasteiger partial charge >= 0.3 is 11.9 Å². The third-order valence-corrected chi connectivity index (χ3v) is 3.02. The molecule has 0 aliphatic heterocycles. The van der Waals surface area contributed by atoms with Gasteiger partial charge in [0.2, 0.25) is 5.91 Å². The molecule has 0 aliphatic rings. The Labute approximate surface area is 119 Å². The molecule has 0 aromatic rings. The number of carboxylic acids is 2. The van der Waals surface area contributed by atoms with E-state index in [9.17, 15) is 14.4 Å². The summed E-state index contributed by atoms with van der Waals surface area (Å²) in [6, 6.07) is -1.34. The zero-order valence-corrected chi connectivity index (χ0v) is 12.1. The third kappa shape index (κ3) is 10.3. The second-order valence-electron chi connectivity index (χ2n) is 4.93. The molecule has 0 bridgehead atoms. The van der Waals surface area contributed by atoms with Crippen molar-refractivity contribution in [2.24, 2.45) is 0 Å². The van der Waals surface area contributed by atoms with E-state index >= 15 is 0 Å². The molecule has 1 unspecified atom stereocenters. The van der Waals surface area contributed by atoms with Gasteiger partial charge in [-0.1, -0.05) is 45.4 Å². The third-order valence-electron chi connectivity index (χ3n) is 3.02. The Morgan fingerprint density at radius 1 is 0.950 bits per heavy atom. The number of carbonyl (C=O) groups excluding carboxylic acids is 1. The van der Waals surface area contributed by atoms with Crippen molar-refractivity contribution in [2.45, 2.75) is 70.8 Å². The zero-order valence-electron chi connectivity index (χ0n) is 12.1. The van der Waals surface area contributed by atoms with E-state index in [1.807, 2.05) is 0 Å². The number of hydrogen-bond donors (Lipinski definition) is 3. The first-order chi connectivity index (χ1) is 9.47. The van der Waals surface area contributed by atoms with Gasteiger partial charge in [-0.3, -0.25) is 9.59 Å². The number of nitrogens with one attached hydrogen (secondary N) is 1. The molecule has 0 aliphatic carbocycles. The van der Waals surface area contributed by atoms with Crippen LogP contribution in [0.2, 0.25) is 0 Å². The summed E-state index contributed by atoms with van der Waals surface area (Å²) in [4.78, 5) is 32.7. The van der Waals surface area contributed by atoms with Crippen LogP contribution in [0.4, 0.5) is 0 Å². The number of amides is 1. The maximum Gasteiger partial charge on any atom is 0.326 e. The SMILES string of the molecule is CCCCCCCCCC(=O)NC(CC(=O)O)C(=O)O. The van der Waals surface area contributed by atoms with Crippen LogP contribution in [0, 0.1) is 0 Å². The highest BCUT2D eigenvalue weighted by molar-refractivity contribution is 5.86. The summed E-state index contributed by atoms with van der Waals surface area (Å²) in [7, 11) is 0. The number of carbonyl (C=O) groups is 3. The average Bonchev–Trinajstić information content (AvgIpc) is 2.36. The van der Waals surface area contributed by atoms with E-state index < -0.39 is 30.3 Å². The van der Waals surface area contributed by atoms with Crippen molar-refractivity contribution in [3.63, 3.8) is 0 Å². The van der Waals surface area contributed by atoms with Crippen LogP contribution in [0.3, 0.4) is 0 Å². The predicted molar refractivity (Wildman–Crippen MR) is 74.4 cm³/mol. The fourth-order valence-electron chi connectivity index (χ4n) is 1.88. The van der Waals surface area contributed by atoms with Gasteiger partial charge in [0.1, 0.15) is 6.04 Å². The lowest BCUT2D eigenvalue weighted by molar-refractivity contribution is -0.147. The van der Waals surface area contributed by atoms with E-state index in [2.05, 4.69) is 12.2 Å². The summed E-state index contributed by atoms with van der Waals surface area (Å²) in [5.41, 5.74) is 0. The van der Waals surface area contributed by atoms with Gasteiger partial charge in [-0.25, -0.2) is 4.79 Å². The smallest absolute Gasteiger partial charge is 0.326 e. The second kappa shape index (κ2) is 11.3. The van der Waals surface area contributed by atoms with E-state index in [1.54, 1.807) is 0 Å². The summed E-state index contributed by atoms with van der Waals surface area (Å²) < 4.78 is 0. The van der Waals surface area contributed by atoms with Crippen LogP contribution in [0.1, 0.15) is 64.7 Å². The van der Waals surface area contributed by atoms with Gasteiger partial charge in [-0.15, -0.1) is 0 Å². The Balaban J connectivity index is 3.75. The van der Waals surface area contributed by atoms with E-state index in [-0.39, 0.29) is 6.42 Å². The van der Waals surface area contributed by atoms with Crippen LogP contribution in [-0.2, 0) is 14.4 Å². The van der Waals surface area contributed by atoms with Gasteiger partial charge in [0.05, 0.1) is 6.42 Å². The molecular formula is C14H25NO5. The highest BCUT2D eigenvalue weighted by Crippen LogP contribution is 2.08. The number of unbranched alkanes of at least 4 members (excludes halogenated alkanes) is 6. The first-order valence-electron chi connectivity index (χ1n) is 7.21. The van der Waals surface area contributed by atoms with Gasteiger partial charge in [0.15, 0.2) is 0 Å². The van der Waals surface area contributed by atoms with Crippen LogP contribution in [-0.4, -0.2) is 34.1 Å². The molecule has 0 heterocycles. The fraction of sp³-hybridized carbons (Fsp3) is 0.786. The molecule has 3 N–H and O–H groups in total. The molecule has 1 atom stereocenters. The minimum absolute atomic E-state index is 0.247. The molecule has 0 radical (unpaired) electrons. The summed E-state index contributed by atoms with van der Waals surface area (Å²) >= 11 is 0. The van der Waals surface area contributed by atoms with Crippen LogP contribution in [0.15, 0.2) is 0 Å². The number of aliphatic carboxylic acids is 2. The van der Waals surface area contributed by atoms with Gasteiger partial charge in [-0.05, 0) is 6.42 Å². The average molecular weight is 287 g/mol. The molecule has 0 rings (SSSR count). The second-order valence-corrected chi connectivity index (χ2v) is 4.93. The predicted octanol–water partition coefficient (Wildman–Crippen LogP) is 2.17. The van der Waals surface area contributed by atoms with E-state index in [0.29, 0.717) is 6.42 Å². The Morgan fingerprint density at radius 3 is 2.00 bits per heavy atom. The molecule has 0 spiro atoms. The molecule has 6 heteroatoms. The molecule has 0 fully saturated rings. The number of carboxylic acid groups (broad SMARTS) is 2. The Morgan fingerprint density at radius 2 is 1.50 bits per heavy atom. The molecule has 0 aromatic carbocycles. The Bertz CT molecular complexity index is 317. The summed E-state index contributed by atoms with van der Waals surface area (Å²) in [6.07, 6.45) is 7.17. The number of hydrogen-bond acceptors (Lipinski definition) is 3. The summed E-state index contributed by atoms with van der Waals surface area (Å²) in [5, 5.41) is 19.6. The van der Waals surface area contributed by atoms with Crippen LogP contribution in [0.5, 0.6) is 0 Å². The minimum atomic E-state index is -1.34. The maximum absolute atomic E-state index is 11.5. The quantitative estimate of drug-likeness (QED) is 0.477. The molecule has 20 heavy (non-hydrogen) atoms. The van der Waals surface area contributed by atoms with Crippen LogP contribution >= 0.6 is 0 Å². The lowest BCUT2D eigenvalue weighted by Gasteiger charge is -2.12. The van der Waals surface area contributed by atoms with E-state index in [0.717, 1.165) is 19.3 Å². The highest BCUT2D eigenvalue weighted by atomic mass is 16.4. The van der Waals surface area contributed by atoms with Crippen molar-refractivity contribution in [3.8, 4) is 0 Å². The van der Waals surface area contributed by atoms with Crippen molar-refractivity contribution in [1.82, 2.24) is 5.32 Å². The van der Waals surface area contributed by atoms with Gasteiger partial charge < -0.3 is 15.5 Å². The van der Waals surface area contributed by atoms with Crippen molar-refractivity contribution in [1.29, 1.82) is 0 Å². The molecule has 0 saturated carbocycles. The maximum atomic E-state index is 11.5. The minimum Gasteiger partial charge on any atom is -0.481 e. The van der Waals surface area contributed by atoms with Gasteiger partial charge in [0.25, 0.3) is 0 Å². The number of rotatable bonds is 12. The normalized spacial score (nSPS) is 11.8. The molecule has 1 amide bonds. The van der Waals surface area contributed by atoms with E-state index in [1.165, 1.54) is 19.3 Å². The van der Waals surface area contributed by atoms with Crippen molar-refractivity contribution in [3.05, 3.63) is 0 Å². The zero-order chi connectivity index (χ0) is 15.4. The lowest BCUT2D eigenvalue weighted by Crippen LogP contribution is -2.42. The molecule has 0 saturated heterocycles. The first-order valence-corrected chi connectivity index (χ1v) is 7.21. The highest BCUT2D eigenvalue weighted by Gasteiger charge is 2.22. The molecule has 116 valence electrons.